The third kappa shape index (κ3) is 9.96. The summed E-state index contributed by atoms with van der Waals surface area (Å²) in [5, 5.41) is 0. The number of esters is 1. The van der Waals surface area contributed by atoms with Gasteiger partial charge in [-0.15, -0.1) is 0 Å². The van der Waals surface area contributed by atoms with Gasteiger partial charge in [-0.3, -0.25) is 4.79 Å². The number of hydrogen-bond donors (Lipinski definition) is 1. The van der Waals surface area contributed by atoms with Gasteiger partial charge in [0, 0.05) is 24.9 Å². The van der Waals surface area contributed by atoms with E-state index in [4.69, 9.17) is 4.74 Å². The molecular formula is C23H33NO4S. The Morgan fingerprint density at radius 2 is 1.48 bits per heavy atom. The molecule has 0 saturated heterocycles. The van der Waals surface area contributed by atoms with Crippen molar-refractivity contribution in [3.63, 3.8) is 0 Å². The minimum Gasteiger partial charge on any atom is -0.466 e. The number of hydrogen-bond acceptors (Lipinski definition) is 4. The number of ether oxygens (including phenoxy) is 1. The Morgan fingerprint density at radius 3 is 2.24 bits per heavy atom. The van der Waals surface area contributed by atoms with Crippen LogP contribution in [0.1, 0.15) is 82.6 Å². The van der Waals surface area contributed by atoms with E-state index in [1.54, 1.807) is 24.3 Å². The van der Waals surface area contributed by atoms with Crippen LogP contribution in [-0.2, 0) is 19.6 Å². The minimum absolute atomic E-state index is 0.152. The molecule has 0 unspecified atom stereocenters. The summed E-state index contributed by atoms with van der Waals surface area (Å²) < 4.78 is 32.6. The van der Waals surface area contributed by atoms with E-state index in [2.05, 4.69) is 16.6 Å². The minimum atomic E-state index is -3.51. The molecule has 29 heavy (non-hydrogen) atoms. The zero-order chi connectivity index (χ0) is 20.8. The first-order valence-corrected chi connectivity index (χ1v) is 12.3. The van der Waals surface area contributed by atoms with Crippen LogP contribution in [0.4, 0.5) is 0 Å². The molecule has 2 bridgehead atoms. The lowest BCUT2D eigenvalue weighted by atomic mass is 10.1. The maximum atomic E-state index is 12.3. The lowest BCUT2D eigenvalue weighted by Gasteiger charge is -2.07. The highest BCUT2D eigenvalue weighted by molar-refractivity contribution is 7.89. The summed E-state index contributed by atoms with van der Waals surface area (Å²) >= 11 is 0. The van der Waals surface area contributed by atoms with Crippen molar-refractivity contribution in [2.75, 3.05) is 13.2 Å². The zero-order valence-electron chi connectivity index (χ0n) is 17.3. The molecule has 0 spiro atoms. The zero-order valence-corrected chi connectivity index (χ0v) is 18.1. The molecule has 0 radical (unpaired) electrons. The van der Waals surface area contributed by atoms with Crippen molar-refractivity contribution in [3.8, 4) is 11.8 Å². The molecule has 0 atom stereocenters. The van der Waals surface area contributed by atoms with E-state index >= 15 is 0 Å². The maximum absolute atomic E-state index is 12.3. The van der Waals surface area contributed by atoms with Gasteiger partial charge >= 0.3 is 5.97 Å². The highest BCUT2D eigenvalue weighted by atomic mass is 32.2. The summed E-state index contributed by atoms with van der Waals surface area (Å²) in [5.41, 5.74) is 0.838. The molecule has 5 nitrogen and oxygen atoms in total. The molecule has 1 N–H and O–H groups in total. The van der Waals surface area contributed by atoms with Crippen LogP contribution in [0.2, 0.25) is 0 Å². The Balaban J connectivity index is 1.89. The van der Waals surface area contributed by atoms with Gasteiger partial charge in [-0.1, -0.05) is 50.4 Å². The Labute approximate surface area is 175 Å². The molecule has 1 aromatic rings. The van der Waals surface area contributed by atoms with Gasteiger partial charge in [-0.05, 0) is 49.9 Å². The van der Waals surface area contributed by atoms with Crippen LogP contribution >= 0.6 is 0 Å². The average molecular weight is 420 g/mol. The van der Waals surface area contributed by atoms with Crippen LogP contribution < -0.4 is 4.72 Å². The lowest BCUT2D eigenvalue weighted by molar-refractivity contribution is -0.143. The second kappa shape index (κ2) is 13.4. The summed E-state index contributed by atoms with van der Waals surface area (Å²) in [6.45, 7) is 0.867. The molecule has 160 valence electrons. The SMILES string of the molecule is O=C1CCCCCNS(=O)(=O)c2ccc(cc2)C#CCCCCCCCCCO1. The number of carbonyl (C=O) groups excluding carboxylic acids is 1. The fourth-order valence-corrected chi connectivity index (χ4v) is 4.27. The fourth-order valence-electron chi connectivity index (χ4n) is 3.20. The highest BCUT2D eigenvalue weighted by Gasteiger charge is 2.12. The van der Waals surface area contributed by atoms with Gasteiger partial charge in [0.15, 0.2) is 0 Å². The summed E-state index contributed by atoms with van der Waals surface area (Å²) in [5.74, 6) is 6.13. The van der Waals surface area contributed by atoms with Gasteiger partial charge in [0.05, 0.1) is 11.5 Å². The van der Waals surface area contributed by atoms with Crippen molar-refractivity contribution in [2.24, 2.45) is 0 Å². The standard InChI is InChI=1S/C23H33NO4S/c25-23-14-10-8-11-19-24-29(26,27)22-17-15-21(16-18-22)13-9-6-4-2-1-3-5-7-12-20-28-23/h15-18,24H,1-8,10-12,14,19-20H2. The van der Waals surface area contributed by atoms with Crippen LogP contribution in [0.5, 0.6) is 0 Å². The van der Waals surface area contributed by atoms with Crippen molar-refractivity contribution in [2.45, 2.75) is 81.9 Å². The Morgan fingerprint density at radius 1 is 0.828 bits per heavy atom. The Bertz CT molecular complexity index is 775. The molecule has 6 heteroatoms. The van der Waals surface area contributed by atoms with Crippen molar-refractivity contribution in [3.05, 3.63) is 29.8 Å². The van der Waals surface area contributed by atoms with E-state index in [0.29, 0.717) is 32.4 Å². The van der Waals surface area contributed by atoms with Gasteiger partial charge in [0.2, 0.25) is 10.0 Å². The first kappa shape index (κ1) is 23.4. The first-order valence-electron chi connectivity index (χ1n) is 10.8. The lowest BCUT2D eigenvalue weighted by Crippen LogP contribution is -2.24. The van der Waals surface area contributed by atoms with Crippen molar-refractivity contribution < 1.29 is 17.9 Å². The molecule has 0 aliphatic carbocycles. The van der Waals surface area contributed by atoms with Crippen molar-refractivity contribution in [1.82, 2.24) is 4.72 Å². The van der Waals surface area contributed by atoms with Gasteiger partial charge < -0.3 is 4.74 Å². The molecule has 1 aromatic carbocycles. The van der Waals surface area contributed by atoms with Crippen LogP contribution in [0, 0.1) is 11.8 Å². The first-order chi connectivity index (χ1) is 14.1. The van der Waals surface area contributed by atoms with E-state index in [1.165, 1.54) is 25.7 Å². The summed E-state index contributed by atoms with van der Waals surface area (Å²) in [6, 6.07) is 6.71. The predicted molar refractivity (Wildman–Crippen MR) is 115 cm³/mol. The normalized spacial score (nSPS) is 20.6. The Hall–Kier alpha value is -1.84. The second-order valence-electron chi connectivity index (χ2n) is 7.48. The van der Waals surface area contributed by atoms with Gasteiger partial charge in [0.1, 0.15) is 0 Å². The molecule has 0 saturated carbocycles. The predicted octanol–water partition coefficient (Wildman–Crippen LogP) is 4.55. The molecule has 2 aliphatic heterocycles. The largest absolute Gasteiger partial charge is 0.466 e. The van der Waals surface area contributed by atoms with Gasteiger partial charge in [0.25, 0.3) is 0 Å². The topological polar surface area (TPSA) is 72.5 Å². The summed E-state index contributed by atoms with van der Waals surface area (Å²) in [7, 11) is -3.51. The van der Waals surface area contributed by atoms with Crippen molar-refractivity contribution >= 4 is 16.0 Å². The molecule has 0 amide bonds. The Kier molecular flexibility index (Phi) is 10.8. The molecular weight excluding hydrogens is 386 g/mol. The fraction of sp³-hybridized carbons (Fsp3) is 0.609. The average Bonchev–Trinajstić information content (AvgIpc) is 2.71. The maximum Gasteiger partial charge on any atom is 0.305 e. The molecule has 0 fully saturated rings. The number of sulfonamides is 1. The van der Waals surface area contributed by atoms with E-state index in [0.717, 1.165) is 37.7 Å². The number of rotatable bonds is 0. The van der Waals surface area contributed by atoms with Gasteiger partial charge in [-0.2, -0.15) is 0 Å². The van der Waals surface area contributed by atoms with Crippen LogP contribution in [0.15, 0.2) is 29.2 Å². The summed E-state index contributed by atoms with van der Waals surface area (Å²) in [6.07, 6.45) is 11.3. The number of benzene rings is 1. The number of nitrogens with one attached hydrogen (secondary N) is 1. The van der Waals surface area contributed by atoms with E-state index in [9.17, 15) is 13.2 Å². The third-order valence-electron chi connectivity index (χ3n) is 4.96. The van der Waals surface area contributed by atoms with E-state index in [-0.39, 0.29) is 10.9 Å². The van der Waals surface area contributed by atoms with E-state index < -0.39 is 10.0 Å². The monoisotopic (exact) mass is 419 g/mol. The smallest absolute Gasteiger partial charge is 0.305 e. The summed E-state index contributed by atoms with van der Waals surface area (Å²) in [4.78, 5) is 12.0. The molecule has 2 aliphatic rings. The number of carbonyl (C=O) groups is 1. The van der Waals surface area contributed by atoms with Crippen LogP contribution in [0.25, 0.3) is 0 Å². The molecule has 2 heterocycles. The van der Waals surface area contributed by atoms with E-state index in [1.807, 2.05) is 0 Å². The van der Waals surface area contributed by atoms with Gasteiger partial charge in [-0.25, -0.2) is 13.1 Å². The molecule has 0 aromatic heterocycles. The quantitative estimate of drug-likeness (QED) is 0.494. The van der Waals surface area contributed by atoms with Crippen molar-refractivity contribution in [1.29, 1.82) is 0 Å². The second-order valence-corrected chi connectivity index (χ2v) is 9.25. The number of fused-ring (bicyclic) bond motifs is 20. The molecule has 3 rings (SSSR count). The third-order valence-corrected chi connectivity index (χ3v) is 6.43. The van der Waals surface area contributed by atoms with Crippen LogP contribution in [-0.4, -0.2) is 27.5 Å². The van der Waals surface area contributed by atoms with Crippen LogP contribution in [0.3, 0.4) is 0 Å². The highest BCUT2D eigenvalue weighted by Crippen LogP contribution is 2.12.